The molecule has 0 aliphatic rings. The Morgan fingerprint density at radius 3 is 2.79 bits per heavy atom. The molecule has 0 aliphatic carbocycles. The van der Waals surface area contributed by atoms with Crippen molar-refractivity contribution in [2.24, 2.45) is 0 Å². The molecule has 102 valence electrons. The third-order valence-electron chi connectivity index (χ3n) is 3.10. The molecule has 0 atom stereocenters. The summed E-state index contributed by atoms with van der Waals surface area (Å²) in [5.41, 5.74) is 2.14. The van der Waals surface area contributed by atoms with Gasteiger partial charge < -0.3 is 10.4 Å². The Morgan fingerprint density at radius 2 is 1.95 bits per heavy atom. The lowest BCUT2D eigenvalue weighted by Gasteiger charge is -2.09. The molecule has 19 heavy (non-hydrogen) atoms. The summed E-state index contributed by atoms with van der Waals surface area (Å²) < 4.78 is 1.07. The minimum atomic E-state index is 0.302. The maximum atomic E-state index is 8.72. The molecule has 3 nitrogen and oxygen atoms in total. The first-order chi connectivity index (χ1) is 9.31. The third kappa shape index (κ3) is 4.18. The van der Waals surface area contributed by atoms with Crippen LogP contribution in [-0.2, 0) is 0 Å². The summed E-state index contributed by atoms with van der Waals surface area (Å²) in [4.78, 5) is 4.36. The molecule has 1 heterocycles. The predicted octanol–water partition coefficient (Wildman–Crippen LogP) is 3.96. The highest BCUT2D eigenvalue weighted by Gasteiger charge is 2.02. The third-order valence-corrected chi connectivity index (χ3v) is 3.60. The van der Waals surface area contributed by atoms with Gasteiger partial charge in [0.2, 0.25) is 0 Å². The van der Waals surface area contributed by atoms with Crippen molar-refractivity contribution in [2.45, 2.75) is 25.7 Å². The van der Waals surface area contributed by atoms with Crippen molar-refractivity contribution in [3.63, 3.8) is 0 Å². The van der Waals surface area contributed by atoms with Gasteiger partial charge in [0, 0.05) is 34.9 Å². The minimum Gasteiger partial charge on any atom is -0.396 e. The summed E-state index contributed by atoms with van der Waals surface area (Å²) in [6.45, 7) is 1.26. The number of halogens is 1. The van der Waals surface area contributed by atoms with Crippen LogP contribution in [0.2, 0.25) is 0 Å². The second-order valence-electron chi connectivity index (χ2n) is 4.58. The summed E-state index contributed by atoms with van der Waals surface area (Å²) in [5.74, 6) is 0. The second-order valence-corrected chi connectivity index (χ2v) is 5.50. The second kappa shape index (κ2) is 7.46. The van der Waals surface area contributed by atoms with Gasteiger partial charge in [-0.1, -0.05) is 28.8 Å². The van der Waals surface area contributed by atoms with E-state index in [1.807, 2.05) is 24.4 Å². The molecule has 2 rings (SSSR count). The fourth-order valence-corrected chi connectivity index (χ4v) is 2.45. The molecule has 1 aromatic heterocycles. The number of anilines is 1. The van der Waals surface area contributed by atoms with Crippen molar-refractivity contribution in [2.75, 3.05) is 18.5 Å². The smallest absolute Gasteiger partial charge is 0.0723 e. The van der Waals surface area contributed by atoms with Crippen LogP contribution < -0.4 is 5.32 Å². The van der Waals surface area contributed by atoms with Gasteiger partial charge in [0.05, 0.1) is 5.52 Å². The number of aromatic nitrogens is 1. The fraction of sp³-hybridized carbons (Fsp3) is 0.400. The van der Waals surface area contributed by atoms with Crippen molar-refractivity contribution < 1.29 is 5.11 Å². The minimum absolute atomic E-state index is 0.302. The quantitative estimate of drug-likeness (QED) is 0.758. The highest BCUT2D eigenvalue weighted by Crippen LogP contribution is 2.25. The van der Waals surface area contributed by atoms with Crippen molar-refractivity contribution in [3.8, 4) is 0 Å². The van der Waals surface area contributed by atoms with Crippen LogP contribution in [0.25, 0.3) is 10.9 Å². The summed E-state index contributed by atoms with van der Waals surface area (Å²) in [6, 6.07) is 8.14. The normalized spacial score (nSPS) is 10.8. The zero-order chi connectivity index (χ0) is 13.5. The van der Waals surface area contributed by atoms with Crippen molar-refractivity contribution >= 4 is 32.5 Å². The Balaban J connectivity index is 1.95. The maximum Gasteiger partial charge on any atom is 0.0723 e. The van der Waals surface area contributed by atoms with Crippen LogP contribution in [0.1, 0.15) is 25.7 Å². The molecular weight excluding hydrogens is 304 g/mol. The van der Waals surface area contributed by atoms with Crippen LogP contribution in [0.5, 0.6) is 0 Å². The van der Waals surface area contributed by atoms with Crippen molar-refractivity contribution in [3.05, 3.63) is 34.9 Å². The number of nitrogens with one attached hydrogen (secondary N) is 1. The maximum absolute atomic E-state index is 8.72. The van der Waals surface area contributed by atoms with E-state index in [0.29, 0.717) is 6.61 Å². The predicted molar refractivity (Wildman–Crippen MR) is 83.5 cm³/mol. The van der Waals surface area contributed by atoms with E-state index >= 15 is 0 Å². The Labute approximate surface area is 122 Å². The van der Waals surface area contributed by atoms with E-state index in [1.54, 1.807) is 0 Å². The van der Waals surface area contributed by atoms with Crippen LogP contribution >= 0.6 is 15.9 Å². The lowest BCUT2D eigenvalue weighted by atomic mass is 10.1. The highest BCUT2D eigenvalue weighted by molar-refractivity contribution is 9.10. The average Bonchev–Trinajstić information content (AvgIpc) is 2.43. The van der Waals surface area contributed by atoms with Gasteiger partial charge in [-0.05, 0) is 37.1 Å². The van der Waals surface area contributed by atoms with Crippen LogP contribution in [0.4, 0.5) is 5.69 Å². The molecule has 0 radical (unpaired) electrons. The van der Waals surface area contributed by atoms with E-state index in [-0.39, 0.29) is 0 Å². The molecule has 0 aliphatic heterocycles. The molecule has 0 fully saturated rings. The molecule has 0 saturated carbocycles. The molecule has 4 heteroatoms. The Hall–Kier alpha value is -1.13. The molecule has 0 spiro atoms. The largest absolute Gasteiger partial charge is 0.396 e. The molecular formula is C15H19BrN2O. The van der Waals surface area contributed by atoms with Gasteiger partial charge in [-0.25, -0.2) is 0 Å². The van der Waals surface area contributed by atoms with E-state index in [1.165, 1.54) is 0 Å². The van der Waals surface area contributed by atoms with Crippen molar-refractivity contribution in [1.29, 1.82) is 0 Å². The molecule has 2 aromatic rings. The van der Waals surface area contributed by atoms with Crippen LogP contribution in [0.3, 0.4) is 0 Å². The summed E-state index contributed by atoms with van der Waals surface area (Å²) >= 11 is 3.50. The van der Waals surface area contributed by atoms with Gasteiger partial charge in [0.15, 0.2) is 0 Å². The molecule has 2 N–H and O–H groups in total. The van der Waals surface area contributed by atoms with Gasteiger partial charge in [-0.3, -0.25) is 4.98 Å². The number of pyridine rings is 1. The van der Waals surface area contributed by atoms with E-state index in [9.17, 15) is 0 Å². The number of aliphatic hydroxyl groups is 1. The number of rotatable bonds is 7. The summed E-state index contributed by atoms with van der Waals surface area (Å²) in [5, 5.41) is 13.3. The van der Waals surface area contributed by atoms with E-state index in [0.717, 1.165) is 53.3 Å². The molecule has 0 amide bonds. The number of hydrogen-bond donors (Lipinski definition) is 2. The first-order valence-electron chi connectivity index (χ1n) is 6.70. The van der Waals surface area contributed by atoms with E-state index in [4.69, 9.17) is 5.11 Å². The van der Waals surface area contributed by atoms with Crippen LogP contribution in [-0.4, -0.2) is 23.2 Å². The molecule has 0 saturated heterocycles. The Bertz CT molecular complexity index is 531. The average molecular weight is 323 g/mol. The molecule has 1 aromatic carbocycles. The Morgan fingerprint density at radius 1 is 1.11 bits per heavy atom. The fourth-order valence-electron chi connectivity index (χ4n) is 2.09. The number of nitrogens with zero attached hydrogens (tertiary/aromatic N) is 1. The topological polar surface area (TPSA) is 45.1 Å². The first-order valence-corrected chi connectivity index (χ1v) is 7.49. The highest BCUT2D eigenvalue weighted by atomic mass is 79.9. The van der Waals surface area contributed by atoms with Gasteiger partial charge in [0.25, 0.3) is 0 Å². The summed E-state index contributed by atoms with van der Waals surface area (Å²) in [7, 11) is 0. The zero-order valence-electron chi connectivity index (χ0n) is 10.9. The Kier molecular flexibility index (Phi) is 5.61. The number of fused-ring (bicyclic) bond motifs is 1. The standard InChI is InChI=1S/C15H19BrN2O/c16-12-5-6-14-13(11-12)15(7-9-18-14)17-8-3-1-2-4-10-19/h5-7,9,11,19H,1-4,8,10H2,(H,17,18). The number of aliphatic hydroxyl groups excluding tert-OH is 1. The first kappa shape index (κ1) is 14.3. The monoisotopic (exact) mass is 322 g/mol. The van der Waals surface area contributed by atoms with Gasteiger partial charge >= 0.3 is 0 Å². The number of hydrogen-bond acceptors (Lipinski definition) is 3. The van der Waals surface area contributed by atoms with Crippen LogP contribution in [0, 0.1) is 0 Å². The lowest BCUT2D eigenvalue weighted by molar-refractivity contribution is 0.283. The SMILES string of the molecule is OCCCCCCNc1ccnc2ccc(Br)cc12. The van der Waals surface area contributed by atoms with E-state index in [2.05, 4.69) is 32.3 Å². The molecule has 0 bridgehead atoms. The number of benzene rings is 1. The lowest BCUT2D eigenvalue weighted by Crippen LogP contribution is -2.02. The summed E-state index contributed by atoms with van der Waals surface area (Å²) in [6.07, 6.45) is 6.12. The van der Waals surface area contributed by atoms with Gasteiger partial charge in [-0.15, -0.1) is 0 Å². The van der Waals surface area contributed by atoms with Crippen molar-refractivity contribution in [1.82, 2.24) is 4.98 Å². The van der Waals surface area contributed by atoms with Gasteiger partial charge in [-0.2, -0.15) is 0 Å². The van der Waals surface area contributed by atoms with E-state index < -0.39 is 0 Å². The van der Waals surface area contributed by atoms with Crippen LogP contribution in [0.15, 0.2) is 34.9 Å². The zero-order valence-corrected chi connectivity index (χ0v) is 12.5. The number of unbranched alkanes of at least 4 members (excludes halogenated alkanes) is 3. The molecule has 0 unspecified atom stereocenters. The van der Waals surface area contributed by atoms with Gasteiger partial charge in [0.1, 0.15) is 0 Å².